The maximum Gasteiger partial charge on any atom is 0.00137 e. The number of rotatable bonds is 0. The van der Waals surface area contributed by atoms with Crippen LogP contribution in [0.15, 0.2) is 24.3 Å². The Hall–Kier alpha value is 1.31. The number of pyridine rings is 2. The van der Waals surface area contributed by atoms with E-state index in [1.807, 2.05) is 75.3 Å². The summed E-state index contributed by atoms with van der Waals surface area (Å²) in [6.45, 7) is 5.93. The number of aromatic nitrogens is 8. The van der Waals surface area contributed by atoms with Crippen LogP contribution >= 0.6 is 0 Å². The molecule has 8 nitrogen and oxygen atoms in total. The van der Waals surface area contributed by atoms with Crippen molar-refractivity contribution in [1.29, 1.82) is 0 Å². The summed E-state index contributed by atoms with van der Waals surface area (Å²) in [5, 5.41) is 0. The van der Waals surface area contributed by atoms with Crippen molar-refractivity contribution >= 4 is 33.2 Å². The topological polar surface area (TPSA) is 79.2 Å². The molecule has 0 aliphatic rings. The third-order valence-electron chi connectivity index (χ3n) is 5.17. The fourth-order valence-corrected chi connectivity index (χ4v) is 3.27. The zero-order valence-electron chi connectivity index (χ0n) is 22.3. The number of hydrogen-bond donors (Lipinski definition) is 0. The van der Waals surface area contributed by atoms with Crippen LogP contribution in [0.25, 0.3) is 33.2 Å². The summed E-state index contributed by atoms with van der Waals surface area (Å²) in [6.07, 6.45) is 14.1. The van der Waals surface area contributed by atoms with Gasteiger partial charge in [-0.2, -0.15) is 35.4 Å². The molecule has 5 heterocycles. The van der Waals surface area contributed by atoms with E-state index >= 15 is 0 Å². The van der Waals surface area contributed by atoms with Crippen LogP contribution in [0.3, 0.4) is 0 Å². The Morgan fingerprint density at radius 2 is 1.03 bits per heavy atom. The van der Waals surface area contributed by atoms with Crippen molar-refractivity contribution in [3.8, 4) is 0 Å². The van der Waals surface area contributed by atoms with Crippen molar-refractivity contribution in [3.63, 3.8) is 0 Å². The van der Waals surface area contributed by atoms with Gasteiger partial charge in [-0.1, -0.05) is 33.2 Å². The Kier molecular flexibility index (Phi) is 24.2. The largest absolute Gasteiger partial charge is 0.452 e. The summed E-state index contributed by atoms with van der Waals surface area (Å²) < 4.78 is 5.47. The molecule has 0 unspecified atom stereocenters. The SMILES string of the molecule is Cc1c[c-]cc2c1n[c-]n2C.Cc1c[c-]nc2c1n[c-]n2C.Cc1n[c-]cc2c1n[c-]n2C.[W].[W].[W].[Y].[Y].[Y]. The maximum absolute atomic E-state index is 4.14. The fraction of sp³-hybridized carbons (Fsp3) is 0.240. The van der Waals surface area contributed by atoms with Crippen molar-refractivity contribution in [2.45, 2.75) is 20.8 Å². The Labute approximate surface area is 347 Å². The second-order valence-corrected chi connectivity index (χ2v) is 7.63. The molecule has 0 amide bonds. The van der Waals surface area contributed by atoms with Crippen molar-refractivity contribution in [2.75, 3.05) is 0 Å². The van der Waals surface area contributed by atoms with Gasteiger partial charge in [-0.3, -0.25) is 0 Å². The predicted molar refractivity (Wildman–Crippen MR) is 125 cm³/mol. The molecule has 6 aromatic rings. The van der Waals surface area contributed by atoms with E-state index in [9.17, 15) is 0 Å². The molecule has 1 aromatic carbocycles. The molecule has 0 N–H and O–H groups in total. The first kappa shape index (κ1) is 44.7. The fourth-order valence-electron chi connectivity index (χ4n) is 3.27. The third kappa shape index (κ3) is 11.1. The molecule has 195 valence electrons. The normalized spacial score (nSPS) is 9.08. The molecule has 0 spiro atoms. The molecule has 39 heavy (non-hydrogen) atoms. The van der Waals surface area contributed by atoms with Gasteiger partial charge in [0.05, 0.1) is 0 Å². The average molecular weight is 1250 g/mol. The van der Waals surface area contributed by atoms with Crippen LogP contribution in [-0.2, 0) is 182 Å². The molecule has 0 aliphatic heterocycles. The van der Waals surface area contributed by atoms with Gasteiger partial charge in [0.15, 0.2) is 0 Å². The predicted octanol–water partition coefficient (Wildman–Crippen LogP) is 3.22. The van der Waals surface area contributed by atoms with Gasteiger partial charge in [-0.15, -0.1) is 39.3 Å². The minimum atomic E-state index is 0. The van der Waals surface area contributed by atoms with Crippen LogP contribution in [-0.4, -0.2) is 38.6 Å². The van der Waals surface area contributed by atoms with Crippen molar-refractivity contribution in [1.82, 2.24) is 38.6 Å². The Balaban J connectivity index is -0.000000463. The number of nitrogens with zero attached hydrogens (tertiary/aromatic N) is 8. The van der Waals surface area contributed by atoms with Crippen LogP contribution in [0, 0.1) is 58.2 Å². The van der Waals surface area contributed by atoms with Crippen molar-refractivity contribution < 1.29 is 161 Å². The molecule has 3 radical (unpaired) electrons. The molecule has 0 saturated carbocycles. The van der Waals surface area contributed by atoms with Gasteiger partial charge >= 0.3 is 0 Å². The molecule has 6 rings (SSSR count). The second-order valence-electron chi connectivity index (χ2n) is 7.63. The van der Waals surface area contributed by atoms with Crippen LogP contribution in [0.1, 0.15) is 16.8 Å². The van der Waals surface area contributed by atoms with E-state index in [2.05, 4.69) is 62.4 Å². The Bertz CT molecular complexity index is 1380. The van der Waals surface area contributed by atoms with Crippen LogP contribution in [0.5, 0.6) is 0 Å². The minimum Gasteiger partial charge on any atom is -0.452 e. The van der Waals surface area contributed by atoms with Gasteiger partial charge in [-0.25, -0.2) is 0 Å². The molecule has 14 heteroatoms. The van der Waals surface area contributed by atoms with Crippen LogP contribution in [0.2, 0.25) is 0 Å². The quantitative estimate of drug-likeness (QED) is 0.219. The van der Waals surface area contributed by atoms with Crippen molar-refractivity contribution in [3.05, 3.63) is 78.5 Å². The molecule has 0 bridgehead atoms. The number of imidazole rings is 3. The number of benzene rings is 1. The first-order chi connectivity index (χ1) is 15.9. The molecule has 0 saturated heterocycles. The summed E-state index contributed by atoms with van der Waals surface area (Å²) in [5.41, 5.74) is 8.93. The van der Waals surface area contributed by atoms with E-state index < -0.39 is 0 Å². The Morgan fingerprint density at radius 1 is 0.538 bits per heavy atom. The van der Waals surface area contributed by atoms with Crippen LogP contribution < -0.4 is 0 Å². The summed E-state index contributed by atoms with van der Waals surface area (Å²) in [7, 11) is 5.71. The van der Waals surface area contributed by atoms with E-state index in [0.29, 0.717) is 0 Å². The van der Waals surface area contributed by atoms with E-state index in [4.69, 9.17) is 0 Å². The van der Waals surface area contributed by atoms with E-state index in [1.165, 1.54) is 0 Å². The molecule has 0 fully saturated rings. The molecular formula is C25H22N8W3Y3-6. The van der Waals surface area contributed by atoms with Gasteiger partial charge in [0.1, 0.15) is 0 Å². The summed E-state index contributed by atoms with van der Waals surface area (Å²) in [4.78, 5) is 20.3. The molecular weight excluding hydrogens is 1230 g/mol. The second kappa shape index (κ2) is 21.1. The van der Waals surface area contributed by atoms with E-state index in [-0.39, 0.29) is 161 Å². The smallest absolute Gasteiger partial charge is 0.00137 e. The average Bonchev–Trinajstić information content (AvgIpc) is 3.50. The van der Waals surface area contributed by atoms with Gasteiger partial charge < -0.3 is 38.6 Å². The number of hydrogen-bond acceptors (Lipinski definition) is 5. The minimum absolute atomic E-state index is 0. The molecule has 0 atom stereocenters. The summed E-state index contributed by atoms with van der Waals surface area (Å²) in [5.74, 6) is 0. The van der Waals surface area contributed by atoms with Crippen LogP contribution in [0.4, 0.5) is 0 Å². The van der Waals surface area contributed by atoms with Gasteiger partial charge in [0.25, 0.3) is 0 Å². The zero-order valence-corrected chi connectivity index (χ0v) is 39.7. The zero-order chi connectivity index (χ0) is 23.5. The number of fused-ring (bicyclic) bond motifs is 3. The maximum atomic E-state index is 4.14. The first-order valence-corrected chi connectivity index (χ1v) is 10.2. The van der Waals surface area contributed by atoms with E-state index in [0.717, 1.165) is 50.1 Å². The summed E-state index contributed by atoms with van der Waals surface area (Å²) >= 11 is 0. The monoisotopic (exact) mass is 1250 g/mol. The van der Waals surface area contributed by atoms with Gasteiger partial charge in [0.2, 0.25) is 0 Å². The van der Waals surface area contributed by atoms with Gasteiger partial charge in [0, 0.05) is 180 Å². The Morgan fingerprint density at radius 3 is 1.59 bits per heavy atom. The van der Waals surface area contributed by atoms with Gasteiger partial charge in [-0.05, 0) is 26.8 Å². The molecule has 0 aliphatic carbocycles. The standard InChI is InChI=1S/C9H8N2.2C8H7N3.3W.3Y/c1-7-4-3-5-8-9(7)10-6-11(8)2;1-6-8-7(3-4-9-6)11(2)5-10-8;1-6-3-4-9-8-7(6)10-5-11(8)2;;;;;;/h4-5H,1-2H3;2*3H,1-2H3;;;;;;/q3*-2;;;;;;. The van der Waals surface area contributed by atoms with Crippen molar-refractivity contribution in [2.24, 2.45) is 21.1 Å². The van der Waals surface area contributed by atoms with E-state index in [1.54, 1.807) is 4.57 Å². The first-order valence-electron chi connectivity index (χ1n) is 10.2. The summed E-state index contributed by atoms with van der Waals surface area (Å²) in [6, 6.07) is 10.5. The molecule has 5 aromatic heterocycles. The third-order valence-corrected chi connectivity index (χ3v) is 5.17. The number of aryl methyl sites for hydroxylation is 6.